The first-order chi connectivity index (χ1) is 8.47. The van der Waals surface area contributed by atoms with Crippen molar-refractivity contribution in [2.75, 3.05) is 0 Å². The highest BCUT2D eigenvalue weighted by Gasteiger charge is 2.44. The van der Waals surface area contributed by atoms with Gasteiger partial charge in [0.1, 0.15) is 0 Å². The Morgan fingerprint density at radius 3 is 2.33 bits per heavy atom. The van der Waals surface area contributed by atoms with Gasteiger partial charge in [-0.25, -0.2) is 4.79 Å². The molecular formula is C13H22N2O2S. The molecule has 2 saturated carbocycles. The standard InChI is InChI=1S/C13H22N2O2S/c1-7(2)17-13(16)15-11-8-3-4-9(11)6-10(5-8)12(14)18/h7-11H,3-6H2,1-2H3,(H2,14,18)(H,15,16). The summed E-state index contributed by atoms with van der Waals surface area (Å²) in [5.41, 5.74) is 5.75. The molecule has 0 spiro atoms. The average Bonchev–Trinajstić information content (AvgIpc) is 2.49. The number of hydrogen-bond acceptors (Lipinski definition) is 3. The number of thiocarbonyl (C=S) groups is 1. The molecule has 5 heteroatoms. The summed E-state index contributed by atoms with van der Waals surface area (Å²) in [6.07, 6.45) is 3.99. The van der Waals surface area contributed by atoms with Gasteiger partial charge in [-0.05, 0) is 51.4 Å². The molecule has 2 aliphatic carbocycles. The molecule has 2 aliphatic rings. The molecule has 0 aromatic rings. The maximum atomic E-state index is 11.7. The molecule has 1 amide bonds. The Hall–Kier alpha value is -0.840. The number of hydrogen-bond donors (Lipinski definition) is 2. The Morgan fingerprint density at radius 2 is 1.89 bits per heavy atom. The zero-order valence-electron chi connectivity index (χ0n) is 11.0. The van der Waals surface area contributed by atoms with E-state index < -0.39 is 0 Å². The highest BCUT2D eigenvalue weighted by molar-refractivity contribution is 7.80. The predicted molar refractivity (Wildman–Crippen MR) is 74.3 cm³/mol. The van der Waals surface area contributed by atoms with Crippen molar-refractivity contribution in [3.8, 4) is 0 Å². The van der Waals surface area contributed by atoms with Gasteiger partial charge >= 0.3 is 6.09 Å². The first kappa shape index (κ1) is 13.6. The van der Waals surface area contributed by atoms with Crippen LogP contribution in [0, 0.1) is 17.8 Å². The number of nitrogens with two attached hydrogens (primary N) is 1. The molecule has 102 valence electrons. The minimum Gasteiger partial charge on any atom is -0.447 e. The minimum atomic E-state index is -0.291. The molecule has 0 heterocycles. The summed E-state index contributed by atoms with van der Waals surface area (Å²) in [4.78, 5) is 12.3. The van der Waals surface area contributed by atoms with Crippen LogP contribution < -0.4 is 11.1 Å². The molecule has 0 saturated heterocycles. The highest BCUT2D eigenvalue weighted by Crippen LogP contribution is 2.45. The fourth-order valence-electron chi connectivity index (χ4n) is 3.38. The van der Waals surface area contributed by atoms with E-state index in [1.807, 2.05) is 13.8 Å². The monoisotopic (exact) mass is 270 g/mol. The van der Waals surface area contributed by atoms with E-state index in [1.54, 1.807) is 0 Å². The molecule has 3 N–H and O–H groups in total. The Balaban J connectivity index is 1.92. The molecule has 2 unspecified atom stereocenters. The predicted octanol–water partition coefficient (Wildman–Crippen LogP) is 2.21. The zero-order chi connectivity index (χ0) is 13.3. The maximum Gasteiger partial charge on any atom is 0.407 e. The summed E-state index contributed by atoms with van der Waals surface area (Å²) < 4.78 is 5.15. The highest BCUT2D eigenvalue weighted by atomic mass is 32.1. The van der Waals surface area contributed by atoms with Crippen molar-refractivity contribution >= 4 is 23.3 Å². The number of carbonyl (C=O) groups is 1. The number of rotatable bonds is 3. The van der Waals surface area contributed by atoms with Gasteiger partial charge < -0.3 is 15.8 Å². The second-order valence-electron chi connectivity index (χ2n) is 5.79. The van der Waals surface area contributed by atoms with Crippen molar-refractivity contribution in [1.29, 1.82) is 0 Å². The lowest BCUT2D eigenvalue weighted by atomic mass is 9.77. The topological polar surface area (TPSA) is 64.3 Å². The average molecular weight is 270 g/mol. The molecule has 2 atom stereocenters. The van der Waals surface area contributed by atoms with Crippen LogP contribution >= 0.6 is 12.2 Å². The summed E-state index contributed by atoms with van der Waals surface area (Å²) in [5, 5.41) is 3.03. The van der Waals surface area contributed by atoms with Crippen LogP contribution in [0.5, 0.6) is 0 Å². The van der Waals surface area contributed by atoms with E-state index in [4.69, 9.17) is 22.7 Å². The van der Waals surface area contributed by atoms with Crippen LogP contribution in [0.2, 0.25) is 0 Å². The molecular weight excluding hydrogens is 248 g/mol. The smallest absolute Gasteiger partial charge is 0.407 e. The molecule has 4 nitrogen and oxygen atoms in total. The number of nitrogens with one attached hydrogen (secondary N) is 1. The van der Waals surface area contributed by atoms with Gasteiger partial charge in [0, 0.05) is 12.0 Å². The van der Waals surface area contributed by atoms with E-state index in [0.29, 0.717) is 22.7 Å². The Labute approximate surface area is 114 Å². The number of fused-ring (bicyclic) bond motifs is 2. The zero-order valence-corrected chi connectivity index (χ0v) is 11.8. The molecule has 2 rings (SSSR count). The van der Waals surface area contributed by atoms with Crippen molar-refractivity contribution in [2.24, 2.45) is 23.5 Å². The van der Waals surface area contributed by atoms with Crippen LogP contribution in [-0.2, 0) is 4.74 Å². The molecule has 18 heavy (non-hydrogen) atoms. The van der Waals surface area contributed by atoms with Crippen LogP contribution in [0.1, 0.15) is 39.5 Å². The fourth-order valence-corrected chi connectivity index (χ4v) is 3.57. The van der Waals surface area contributed by atoms with Crippen molar-refractivity contribution < 1.29 is 9.53 Å². The van der Waals surface area contributed by atoms with Crippen molar-refractivity contribution in [3.05, 3.63) is 0 Å². The summed E-state index contributed by atoms with van der Waals surface area (Å²) >= 11 is 5.10. The number of carbonyl (C=O) groups excluding carboxylic acids is 1. The van der Waals surface area contributed by atoms with Gasteiger partial charge in [-0.3, -0.25) is 0 Å². The SMILES string of the molecule is CC(C)OC(=O)NC1C2CCC1CC(C(N)=S)C2. The van der Waals surface area contributed by atoms with Crippen molar-refractivity contribution in [3.63, 3.8) is 0 Å². The van der Waals surface area contributed by atoms with Crippen LogP contribution in [0.4, 0.5) is 4.79 Å². The number of alkyl carbamates (subject to hydrolysis) is 1. The van der Waals surface area contributed by atoms with Gasteiger partial charge in [0.05, 0.1) is 11.1 Å². The first-order valence-corrected chi connectivity index (χ1v) is 7.14. The normalized spacial score (nSPS) is 34.4. The maximum absolute atomic E-state index is 11.7. The van der Waals surface area contributed by atoms with E-state index >= 15 is 0 Å². The van der Waals surface area contributed by atoms with E-state index in [1.165, 1.54) is 0 Å². The van der Waals surface area contributed by atoms with Crippen molar-refractivity contribution in [1.82, 2.24) is 5.32 Å². The minimum absolute atomic E-state index is 0.0735. The Morgan fingerprint density at radius 1 is 1.33 bits per heavy atom. The molecule has 0 aromatic carbocycles. The van der Waals surface area contributed by atoms with Gasteiger partial charge in [0.2, 0.25) is 0 Å². The van der Waals surface area contributed by atoms with E-state index in [-0.39, 0.29) is 18.2 Å². The second kappa shape index (κ2) is 5.43. The quantitative estimate of drug-likeness (QED) is 0.772. The summed E-state index contributed by atoms with van der Waals surface area (Å²) in [7, 11) is 0. The summed E-state index contributed by atoms with van der Waals surface area (Å²) in [6, 6.07) is 0.252. The molecule has 0 aliphatic heterocycles. The van der Waals surface area contributed by atoms with E-state index in [2.05, 4.69) is 5.32 Å². The number of amides is 1. The van der Waals surface area contributed by atoms with Gasteiger partial charge in [0.25, 0.3) is 0 Å². The lowest BCUT2D eigenvalue weighted by Crippen LogP contribution is -2.47. The third-order valence-corrected chi connectivity index (χ3v) is 4.46. The lowest BCUT2D eigenvalue weighted by molar-refractivity contribution is 0.102. The van der Waals surface area contributed by atoms with E-state index in [0.717, 1.165) is 25.7 Å². The van der Waals surface area contributed by atoms with Crippen LogP contribution in [0.3, 0.4) is 0 Å². The van der Waals surface area contributed by atoms with Gasteiger partial charge in [-0.15, -0.1) is 0 Å². The summed E-state index contributed by atoms with van der Waals surface area (Å²) in [6.45, 7) is 3.72. The van der Waals surface area contributed by atoms with Crippen LogP contribution in [0.15, 0.2) is 0 Å². The van der Waals surface area contributed by atoms with E-state index in [9.17, 15) is 4.79 Å². The summed E-state index contributed by atoms with van der Waals surface area (Å²) in [5.74, 6) is 1.38. The molecule has 0 aromatic heterocycles. The fraction of sp³-hybridized carbons (Fsp3) is 0.846. The van der Waals surface area contributed by atoms with Gasteiger partial charge in [-0.2, -0.15) is 0 Å². The van der Waals surface area contributed by atoms with Crippen LogP contribution in [0.25, 0.3) is 0 Å². The number of ether oxygens (including phenoxy) is 1. The lowest BCUT2D eigenvalue weighted by Gasteiger charge is -2.35. The molecule has 2 fully saturated rings. The third kappa shape index (κ3) is 2.94. The van der Waals surface area contributed by atoms with Crippen LogP contribution in [-0.4, -0.2) is 23.2 Å². The Bertz CT molecular complexity index is 332. The Kier molecular flexibility index (Phi) is 4.10. The van der Waals surface area contributed by atoms with Crippen molar-refractivity contribution in [2.45, 2.75) is 51.7 Å². The first-order valence-electron chi connectivity index (χ1n) is 6.73. The second-order valence-corrected chi connectivity index (χ2v) is 6.26. The van der Waals surface area contributed by atoms with Gasteiger partial charge in [0.15, 0.2) is 0 Å². The molecule has 0 radical (unpaired) electrons. The largest absolute Gasteiger partial charge is 0.447 e. The van der Waals surface area contributed by atoms with Gasteiger partial charge in [-0.1, -0.05) is 12.2 Å². The molecule has 2 bridgehead atoms. The third-order valence-electron chi connectivity index (χ3n) is 4.13.